The largest absolute Gasteiger partial charge is 0.497 e. The quantitative estimate of drug-likeness (QED) is 0.609. The molecule has 0 heterocycles. The standard InChI is InChI=1S/C14H15NO5/c1-4-7-15-13(16)9-20-14(17)11-8-10(18-2)5-6-12(11)19-3/h1,5-6,8H,7,9H2,2-3H3,(H,15,16). The van der Waals surface area contributed by atoms with Gasteiger partial charge in [-0.25, -0.2) is 4.79 Å². The number of terminal acetylenes is 1. The molecule has 1 aromatic carbocycles. The van der Waals surface area contributed by atoms with E-state index in [1.54, 1.807) is 12.1 Å². The van der Waals surface area contributed by atoms with Gasteiger partial charge in [0, 0.05) is 0 Å². The zero-order chi connectivity index (χ0) is 15.0. The van der Waals surface area contributed by atoms with Crippen molar-refractivity contribution in [1.29, 1.82) is 0 Å². The van der Waals surface area contributed by atoms with E-state index in [1.165, 1.54) is 20.3 Å². The summed E-state index contributed by atoms with van der Waals surface area (Å²) >= 11 is 0. The van der Waals surface area contributed by atoms with Crippen molar-refractivity contribution in [2.24, 2.45) is 0 Å². The molecule has 0 saturated carbocycles. The van der Waals surface area contributed by atoms with E-state index in [9.17, 15) is 9.59 Å². The molecule has 0 bridgehead atoms. The maximum absolute atomic E-state index is 11.9. The van der Waals surface area contributed by atoms with E-state index in [-0.39, 0.29) is 12.1 Å². The van der Waals surface area contributed by atoms with Crippen molar-refractivity contribution >= 4 is 11.9 Å². The van der Waals surface area contributed by atoms with Gasteiger partial charge >= 0.3 is 5.97 Å². The Labute approximate surface area is 117 Å². The molecule has 0 aromatic heterocycles. The molecule has 1 rings (SSSR count). The van der Waals surface area contributed by atoms with Gasteiger partial charge in [-0.05, 0) is 18.2 Å². The van der Waals surface area contributed by atoms with E-state index in [0.29, 0.717) is 11.5 Å². The van der Waals surface area contributed by atoms with E-state index in [0.717, 1.165) is 0 Å². The zero-order valence-corrected chi connectivity index (χ0v) is 11.3. The molecule has 1 N–H and O–H groups in total. The zero-order valence-electron chi connectivity index (χ0n) is 11.3. The number of hydrogen-bond donors (Lipinski definition) is 1. The predicted molar refractivity (Wildman–Crippen MR) is 71.7 cm³/mol. The number of benzene rings is 1. The Bertz CT molecular complexity index is 533. The average Bonchev–Trinajstić information content (AvgIpc) is 2.49. The lowest BCUT2D eigenvalue weighted by Gasteiger charge is -2.10. The number of esters is 1. The summed E-state index contributed by atoms with van der Waals surface area (Å²) in [6.45, 7) is -0.334. The number of hydrogen-bond acceptors (Lipinski definition) is 5. The van der Waals surface area contributed by atoms with Crippen LogP contribution < -0.4 is 14.8 Å². The van der Waals surface area contributed by atoms with E-state index in [2.05, 4.69) is 11.2 Å². The number of methoxy groups -OCH3 is 2. The number of carbonyl (C=O) groups is 2. The molecule has 0 spiro atoms. The van der Waals surface area contributed by atoms with Crippen LogP contribution in [0.1, 0.15) is 10.4 Å². The molecule has 0 atom stereocenters. The van der Waals surface area contributed by atoms with Crippen LogP contribution in [0.5, 0.6) is 11.5 Å². The monoisotopic (exact) mass is 277 g/mol. The highest BCUT2D eigenvalue weighted by atomic mass is 16.5. The number of amides is 1. The minimum atomic E-state index is -0.684. The summed E-state index contributed by atoms with van der Waals surface area (Å²) < 4.78 is 14.9. The SMILES string of the molecule is C#CCNC(=O)COC(=O)c1cc(OC)ccc1OC. The molecule has 1 amide bonds. The van der Waals surface area contributed by atoms with Crippen LogP contribution in [0.25, 0.3) is 0 Å². The van der Waals surface area contributed by atoms with E-state index < -0.39 is 18.5 Å². The van der Waals surface area contributed by atoms with Crippen molar-refractivity contribution in [3.8, 4) is 23.8 Å². The molecule has 0 unspecified atom stereocenters. The van der Waals surface area contributed by atoms with Crippen LogP contribution in [-0.4, -0.2) is 39.2 Å². The van der Waals surface area contributed by atoms with Crippen molar-refractivity contribution in [2.45, 2.75) is 0 Å². The normalized spacial score (nSPS) is 9.25. The third-order valence-electron chi connectivity index (χ3n) is 2.35. The summed E-state index contributed by atoms with van der Waals surface area (Å²) in [6.07, 6.45) is 4.99. The summed E-state index contributed by atoms with van der Waals surface area (Å²) in [4.78, 5) is 23.2. The van der Waals surface area contributed by atoms with Crippen molar-refractivity contribution in [2.75, 3.05) is 27.4 Å². The summed E-state index contributed by atoms with van der Waals surface area (Å²) in [5.41, 5.74) is 0.177. The second-order valence-electron chi connectivity index (χ2n) is 3.62. The molecule has 1 aromatic rings. The van der Waals surface area contributed by atoms with Gasteiger partial charge in [0.15, 0.2) is 6.61 Å². The van der Waals surface area contributed by atoms with Gasteiger partial charge in [0.05, 0.1) is 20.8 Å². The van der Waals surface area contributed by atoms with Gasteiger partial charge in [-0.3, -0.25) is 4.79 Å². The van der Waals surface area contributed by atoms with Crippen LogP contribution in [0.2, 0.25) is 0 Å². The van der Waals surface area contributed by atoms with Gasteiger partial charge in [0.25, 0.3) is 5.91 Å². The second-order valence-corrected chi connectivity index (χ2v) is 3.62. The average molecular weight is 277 g/mol. The maximum Gasteiger partial charge on any atom is 0.342 e. The third-order valence-corrected chi connectivity index (χ3v) is 2.35. The van der Waals surface area contributed by atoms with Gasteiger partial charge in [-0.1, -0.05) is 5.92 Å². The lowest BCUT2D eigenvalue weighted by atomic mass is 10.2. The highest BCUT2D eigenvalue weighted by molar-refractivity contribution is 5.94. The summed E-state index contributed by atoms with van der Waals surface area (Å²) in [5, 5.41) is 2.38. The molecule has 0 aliphatic carbocycles. The minimum Gasteiger partial charge on any atom is -0.497 e. The van der Waals surface area contributed by atoms with Crippen LogP contribution in [-0.2, 0) is 9.53 Å². The van der Waals surface area contributed by atoms with Crippen LogP contribution in [0, 0.1) is 12.3 Å². The third kappa shape index (κ3) is 4.21. The Morgan fingerprint density at radius 3 is 2.65 bits per heavy atom. The first-order valence-corrected chi connectivity index (χ1v) is 5.71. The van der Waals surface area contributed by atoms with Crippen molar-refractivity contribution in [3.05, 3.63) is 23.8 Å². The molecule has 106 valence electrons. The molecule has 0 aliphatic heterocycles. The second kappa shape index (κ2) is 7.69. The maximum atomic E-state index is 11.9. The Hall–Kier alpha value is -2.68. The fourth-order valence-corrected chi connectivity index (χ4v) is 1.38. The van der Waals surface area contributed by atoms with Gasteiger partial charge in [0.1, 0.15) is 17.1 Å². The smallest absolute Gasteiger partial charge is 0.342 e. The molecule has 0 aliphatic rings. The van der Waals surface area contributed by atoms with Crippen LogP contribution in [0.4, 0.5) is 0 Å². The molecular weight excluding hydrogens is 262 g/mol. The first kappa shape index (κ1) is 15.4. The summed E-state index contributed by atoms with van der Waals surface area (Å²) in [5.74, 6) is 1.90. The molecule has 0 radical (unpaired) electrons. The molecule has 6 heteroatoms. The van der Waals surface area contributed by atoms with E-state index in [4.69, 9.17) is 20.6 Å². The topological polar surface area (TPSA) is 73.9 Å². The number of nitrogens with one attached hydrogen (secondary N) is 1. The first-order valence-electron chi connectivity index (χ1n) is 5.71. The predicted octanol–water partition coefficient (Wildman–Crippen LogP) is 0.610. The van der Waals surface area contributed by atoms with Crippen LogP contribution in [0.3, 0.4) is 0 Å². The van der Waals surface area contributed by atoms with Gasteiger partial charge in [-0.2, -0.15) is 0 Å². The first-order chi connectivity index (χ1) is 9.62. The summed E-state index contributed by atoms with van der Waals surface area (Å²) in [7, 11) is 2.91. The Morgan fingerprint density at radius 1 is 1.30 bits per heavy atom. The van der Waals surface area contributed by atoms with Crippen LogP contribution in [0.15, 0.2) is 18.2 Å². The Kier molecular flexibility index (Phi) is 5.91. The lowest BCUT2D eigenvalue weighted by Crippen LogP contribution is -2.29. The molecule has 6 nitrogen and oxygen atoms in total. The van der Waals surface area contributed by atoms with Crippen molar-refractivity contribution < 1.29 is 23.8 Å². The molecule has 0 fully saturated rings. The van der Waals surface area contributed by atoms with Gasteiger partial charge < -0.3 is 19.5 Å². The molecule has 20 heavy (non-hydrogen) atoms. The Morgan fingerprint density at radius 2 is 2.05 bits per heavy atom. The van der Waals surface area contributed by atoms with Crippen molar-refractivity contribution in [3.63, 3.8) is 0 Å². The van der Waals surface area contributed by atoms with Gasteiger partial charge in [-0.15, -0.1) is 6.42 Å². The minimum absolute atomic E-state index is 0.0822. The highest BCUT2D eigenvalue weighted by Crippen LogP contribution is 2.24. The van der Waals surface area contributed by atoms with Crippen LogP contribution >= 0.6 is 0 Å². The molecule has 0 saturated heterocycles. The molecular formula is C14H15NO5. The van der Waals surface area contributed by atoms with E-state index >= 15 is 0 Å². The number of rotatable bonds is 6. The Balaban J connectivity index is 2.71. The lowest BCUT2D eigenvalue weighted by molar-refractivity contribution is -0.123. The van der Waals surface area contributed by atoms with Gasteiger partial charge in [0.2, 0.25) is 0 Å². The number of carbonyl (C=O) groups excluding carboxylic acids is 2. The number of ether oxygens (including phenoxy) is 3. The fourth-order valence-electron chi connectivity index (χ4n) is 1.38. The fraction of sp³-hybridized carbons (Fsp3) is 0.286. The summed E-state index contributed by atoms with van der Waals surface area (Å²) in [6, 6.07) is 4.70. The van der Waals surface area contributed by atoms with E-state index in [1.807, 2.05) is 0 Å². The highest BCUT2D eigenvalue weighted by Gasteiger charge is 2.16. The van der Waals surface area contributed by atoms with Crippen molar-refractivity contribution in [1.82, 2.24) is 5.32 Å².